The molecule has 8 heterocycles. The van der Waals surface area contributed by atoms with Crippen LogP contribution in [0.3, 0.4) is 0 Å². The molecule has 0 atom stereocenters. The van der Waals surface area contributed by atoms with Crippen molar-refractivity contribution < 1.29 is 76.7 Å². The van der Waals surface area contributed by atoms with E-state index in [-0.39, 0.29) is 0 Å². The fourth-order valence-electron chi connectivity index (χ4n) is 7.46. The summed E-state index contributed by atoms with van der Waals surface area (Å²) in [4.78, 5) is 0. The first-order valence-corrected chi connectivity index (χ1v) is 30.1. The fraction of sp³-hybridized carbons (Fsp3) is 0.533. The molecule has 32 heteroatoms. The summed E-state index contributed by atoms with van der Waals surface area (Å²) in [5.74, 6) is 14.1. The molecule has 0 aliphatic rings. The number of hydrogen-bond donors (Lipinski definition) is 0. The van der Waals surface area contributed by atoms with Crippen LogP contribution in [0.5, 0.6) is 0 Å². The largest absolute Gasteiger partial charge is 0.881 e. The molecule has 0 amide bonds. The van der Waals surface area contributed by atoms with Gasteiger partial charge in [-0.15, -0.1) is 0 Å². The van der Waals surface area contributed by atoms with Crippen molar-refractivity contribution in [1.82, 2.24) is 36.5 Å². The van der Waals surface area contributed by atoms with Crippen molar-refractivity contribution in [2.75, 3.05) is 0 Å². The van der Waals surface area contributed by atoms with Gasteiger partial charge < -0.3 is 40.2 Å². The van der Waals surface area contributed by atoms with E-state index < -0.39 is 28.5 Å². The van der Waals surface area contributed by atoms with Gasteiger partial charge in [-0.2, -0.15) is 0 Å². The molecule has 0 bridgehead atoms. The van der Waals surface area contributed by atoms with Crippen molar-refractivity contribution in [3.63, 3.8) is 0 Å². The third-order valence-corrected chi connectivity index (χ3v) is 14.3. The van der Waals surface area contributed by atoms with Crippen LogP contribution in [-0.2, 0) is 109 Å². The first-order valence-electron chi connectivity index (χ1n) is 30.1. The third kappa shape index (κ3) is 37.0. The zero-order valence-electron chi connectivity index (χ0n) is 59.4. The maximum absolute atomic E-state index is 8.98. The topological polar surface area (TPSA) is 350 Å². The van der Waals surface area contributed by atoms with Crippen LogP contribution in [0.2, 0.25) is 0 Å². The molecule has 0 aliphatic carbocycles. The Morgan fingerprint density at radius 1 is 0.250 bits per heavy atom. The summed E-state index contributed by atoms with van der Waals surface area (Å²) in [5, 5.41) is 101. The second-order valence-electron chi connectivity index (χ2n) is 19.8. The third-order valence-electron chi connectivity index (χ3n) is 14.3. The molecule has 0 spiro atoms. The Labute approximate surface area is 549 Å². The number of nitriles is 4. The first-order chi connectivity index (χ1) is 43.1. The monoisotopic (exact) mass is 1280 g/mol. The molecule has 92 heavy (non-hydrogen) atoms. The molecule has 0 aromatic carbocycles. The lowest BCUT2D eigenvalue weighted by atomic mass is 9.97. The zero-order chi connectivity index (χ0) is 72.0. The normalized spacial score (nSPS) is 9.17. The summed E-state index contributed by atoms with van der Waals surface area (Å²) in [6, 6.07) is 0. The average Bonchev–Trinajstić information content (AvgIpc) is 4.61. The van der Waals surface area contributed by atoms with Crippen molar-refractivity contribution in [2.45, 2.75) is 163 Å². The van der Waals surface area contributed by atoms with Gasteiger partial charge in [-0.3, -0.25) is 0 Å². The van der Waals surface area contributed by atoms with Gasteiger partial charge in [0, 0.05) is 83.9 Å². The number of aromatic nitrogens is 16. The highest BCUT2D eigenvalue weighted by Gasteiger charge is 2.09. The van der Waals surface area contributed by atoms with Gasteiger partial charge in [-0.25, -0.2) is 94.1 Å². The lowest BCUT2D eigenvalue weighted by Gasteiger charge is -2.12. The molecule has 8 aromatic rings. The highest BCUT2D eigenvalue weighted by atomic mass is 16.4. The van der Waals surface area contributed by atoms with Crippen LogP contribution in [0.25, 0.3) is 0 Å². The van der Waals surface area contributed by atoms with E-state index in [9.17, 15) is 0 Å². The molecule has 0 fully saturated rings. The molecule has 8 rings (SSSR count). The number of hydrogen-bond acceptors (Lipinski definition) is 12. The molecule has 28 nitrogen and oxygen atoms in total. The SMILES string of the molecule is CCn1cc[n+](C)c1C.CCn1cc[n+](C)c1C.CCn1cc[n+](C)c1C.CCn1cc[n+](C)c1C.CCn1cc[n+](C)c1C.CCn1cc[n+](C)c1C.CCn1cc[n+](C)c1C.CCn1cc[n+](C)c1C.N#CB([O-])[O-].N#CB([O-])[O-].N#CB([O-])[O-].N#CB([O-])[O-]. The lowest BCUT2D eigenvalue weighted by molar-refractivity contribution is -0.677. The fourth-order valence-corrected chi connectivity index (χ4v) is 7.46. The van der Waals surface area contributed by atoms with Crippen molar-refractivity contribution >= 4 is 28.5 Å². The highest BCUT2D eigenvalue weighted by Crippen LogP contribution is 1.95. The minimum Gasteiger partial charge on any atom is -0.881 e. The molecule has 0 aliphatic heterocycles. The van der Waals surface area contributed by atoms with Gasteiger partial charge in [0.15, 0.2) is 0 Å². The Hall–Kier alpha value is -8.42. The van der Waals surface area contributed by atoms with Crippen molar-refractivity contribution in [1.29, 1.82) is 21.0 Å². The molecule has 504 valence electrons. The predicted molar refractivity (Wildman–Crippen MR) is 334 cm³/mol. The van der Waals surface area contributed by atoms with Gasteiger partial charge in [0.05, 0.1) is 109 Å². The Balaban J connectivity index is -0.000000463. The maximum Gasteiger partial charge on any atom is 0.252 e. The van der Waals surface area contributed by atoms with Crippen LogP contribution in [0.1, 0.15) is 102 Å². The zero-order valence-corrected chi connectivity index (χ0v) is 59.4. The second-order valence-corrected chi connectivity index (χ2v) is 19.8. The second kappa shape index (κ2) is 51.2. The Bertz CT molecular complexity index is 2770. The van der Waals surface area contributed by atoms with Crippen LogP contribution in [-0.4, -0.2) is 65.0 Å². The predicted octanol–water partition coefficient (Wildman–Crippen LogP) is -5.84. The Morgan fingerprint density at radius 3 is 0.348 bits per heavy atom. The molecule has 0 saturated carbocycles. The van der Waals surface area contributed by atoms with E-state index >= 15 is 0 Å². The Kier molecular flexibility index (Phi) is 50.1. The van der Waals surface area contributed by atoms with E-state index in [4.69, 9.17) is 61.2 Å². The van der Waals surface area contributed by atoms with Gasteiger partial charge in [-0.1, -0.05) is 0 Å². The number of aryl methyl sites for hydroxylation is 16. The molecule has 0 radical (unpaired) electrons. The van der Waals surface area contributed by atoms with Crippen LogP contribution >= 0.6 is 0 Å². The smallest absolute Gasteiger partial charge is 0.252 e. The van der Waals surface area contributed by atoms with Crippen LogP contribution in [0, 0.1) is 100 Å². The summed E-state index contributed by atoms with van der Waals surface area (Å²) in [5.41, 5.74) is 0. The van der Waals surface area contributed by atoms with Crippen molar-refractivity contribution in [3.05, 3.63) is 146 Å². The molecular weight excluding hydrogens is 1170 g/mol. The van der Waals surface area contributed by atoms with E-state index in [1.165, 1.54) is 46.6 Å². The molecule has 0 saturated heterocycles. The quantitative estimate of drug-likeness (QED) is 0.101. The number of imidazole rings is 8. The van der Waals surface area contributed by atoms with Gasteiger partial charge >= 0.3 is 0 Å². The minimum atomic E-state index is -2.31. The summed E-state index contributed by atoms with van der Waals surface area (Å²) in [7, 11) is 7.22. The molecule has 0 unspecified atom stereocenters. The number of rotatable bonds is 8. The van der Waals surface area contributed by atoms with Crippen molar-refractivity contribution in [3.8, 4) is 23.9 Å². The summed E-state index contributed by atoms with van der Waals surface area (Å²) >= 11 is 0. The first kappa shape index (κ1) is 90.0. The average molecular weight is 1280 g/mol. The van der Waals surface area contributed by atoms with Gasteiger partial charge in [0.25, 0.3) is 46.6 Å². The molecular formula is C60H104B4N20O8. The van der Waals surface area contributed by atoms with Gasteiger partial charge in [0.2, 0.25) is 0 Å². The van der Waals surface area contributed by atoms with E-state index in [1.54, 1.807) is 0 Å². The highest BCUT2D eigenvalue weighted by molar-refractivity contribution is 6.47. The summed E-state index contributed by atoms with van der Waals surface area (Å²) in [6.45, 7) is 42.6. The number of nitrogens with zero attached hydrogens (tertiary/aromatic N) is 20. The Morgan fingerprint density at radius 2 is 0.326 bits per heavy atom. The summed E-state index contributed by atoms with van der Waals surface area (Å²) < 4.78 is 34.6. The van der Waals surface area contributed by atoms with Crippen LogP contribution in [0.15, 0.2) is 99.1 Å². The van der Waals surface area contributed by atoms with Gasteiger partial charge in [-0.05, 0) is 79.3 Å². The minimum absolute atomic E-state index is 0.917. The summed E-state index contributed by atoms with van der Waals surface area (Å²) in [6.07, 6.45) is 33.3. The van der Waals surface area contributed by atoms with E-state index in [0.29, 0.717) is 0 Å². The van der Waals surface area contributed by atoms with Gasteiger partial charge in [0.1, 0.15) is 99.1 Å². The van der Waals surface area contributed by atoms with E-state index in [2.05, 4.69) is 339 Å². The molecule has 8 aromatic heterocycles. The standard InChI is InChI=1S/8C7H13N2.4CBNO2/c8*1-4-9-6-5-8(3)7(9)2;4*3-1-2(4)5/h8*5-6H,4H2,1-3H3;;;;/q8*+1;4*-2. The van der Waals surface area contributed by atoms with Crippen LogP contribution < -0.4 is 76.7 Å². The van der Waals surface area contributed by atoms with Crippen molar-refractivity contribution in [2.24, 2.45) is 56.4 Å². The van der Waals surface area contributed by atoms with E-state index in [0.717, 1.165) is 76.2 Å². The van der Waals surface area contributed by atoms with E-state index in [1.807, 2.05) is 0 Å². The van der Waals surface area contributed by atoms with Crippen LogP contribution in [0.4, 0.5) is 0 Å². The molecule has 0 N–H and O–H groups in total. The lowest BCUT2D eigenvalue weighted by Crippen LogP contribution is -2.43. The maximum atomic E-state index is 8.98.